The Kier molecular flexibility index (Phi) is 37.6. The summed E-state index contributed by atoms with van der Waals surface area (Å²) in [6, 6.07) is -5.85. The normalized spacial score (nSPS) is 21.9. The molecule has 0 aromatic heterocycles. The zero-order chi connectivity index (χ0) is 76.3. The second kappa shape index (κ2) is 44.9. The Hall–Kier alpha value is -9.30. The van der Waals surface area contributed by atoms with Gasteiger partial charge >= 0.3 is 17.9 Å². The van der Waals surface area contributed by atoms with E-state index in [4.69, 9.17) is 16.2 Å². The van der Waals surface area contributed by atoms with E-state index in [0.29, 0.717) is 12.0 Å². The van der Waals surface area contributed by atoms with E-state index in [-0.39, 0.29) is 75.1 Å². The van der Waals surface area contributed by atoms with Gasteiger partial charge in [-0.15, -0.1) is 0 Å². The molecule has 0 radical (unpaired) electrons. The molecule has 2 aromatic rings. The maximum absolute atomic E-state index is 14.9. The van der Waals surface area contributed by atoms with E-state index in [1.807, 2.05) is 0 Å². The molecule has 0 aliphatic carbocycles. The second-order valence-corrected chi connectivity index (χ2v) is 26.7. The van der Waals surface area contributed by atoms with Gasteiger partial charge in [-0.1, -0.05) is 122 Å². The molecular weight excluding hydrogens is 1340 g/mol. The number of primary amides is 1. The Bertz CT molecular complexity index is 3170. The van der Waals surface area contributed by atoms with Crippen LogP contribution >= 0.6 is 0 Å². The van der Waals surface area contributed by atoms with Gasteiger partial charge < -0.3 is 94.5 Å². The number of carbonyl (C=O) groups excluding carboxylic acids is 12. The number of nitrogens with zero attached hydrogens (tertiary/aromatic N) is 1. The van der Waals surface area contributed by atoms with Crippen LogP contribution in [-0.2, 0) is 73.5 Å². The fourth-order valence-corrected chi connectivity index (χ4v) is 11.9. The number of carboxylic acid groups (broad SMARTS) is 2. The van der Waals surface area contributed by atoms with Crippen LogP contribution in [0.3, 0.4) is 0 Å². The summed E-state index contributed by atoms with van der Waals surface area (Å²) in [6.07, 6.45) is 5.56. The van der Waals surface area contributed by atoms with Crippen LogP contribution in [0.5, 0.6) is 11.5 Å². The molecule has 103 heavy (non-hydrogen) atoms. The predicted molar refractivity (Wildman–Crippen MR) is 374 cm³/mol. The van der Waals surface area contributed by atoms with Crippen molar-refractivity contribution in [2.45, 2.75) is 268 Å². The summed E-state index contributed by atoms with van der Waals surface area (Å²) in [6.45, 7) is 7.75. The number of carboxylic acids is 2. The van der Waals surface area contributed by atoms with E-state index >= 15 is 0 Å². The molecule has 572 valence electrons. The van der Waals surface area contributed by atoms with Crippen molar-refractivity contribution in [3.63, 3.8) is 0 Å². The number of carbonyl (C=O) groups is 14. The minimum atomic E-state index is -2.02. The fourth-order valence-electron chi connectivity index (χ4n) is 11.9. The number of benzene rings is 2. The summed E-state index contributed by atoms with van der Waals surface area (Å²) >= 11 is 0. The van der Waals surface area contributed by atoms with Crippen molar-refractivity contribution in [1.29, 1.82) is 0 Å². The highest BCUT2D eigenvalue weighted by Gasteiger charge is 2.41. The molecule has 3 aliphatic rings. The van der Waals surface area contributed by atoms with E-state index < -0.39 is 206 Å². The van der Waals surface area contributed by atoms with E-state index in [0.717, 1.165) is 43.9 Å². The molecule has 2 aromatic carbocycles. The van der Waals surface area contributed by atoms with Crippen molar-refractivity contribution in [2.75, 3.05) is 13.1 Å². The van der Waals surface area contributed by atoms with Crippen LogP contribution in [-0.4, -0.2) is 193 Å². The lowest BCUT2D eigenvalue weighted by Gasteiger charge is -2.30. The maximum atomic E-state index is 14.9. The molecule has 13 atom stereocenters. The first-order chi connectivity index (χ1) is 49.0. The highest BCUT2D eigenvalue weighted by Crippen LogP contribution is 2.24. The molecule has 0 saturated carbocycles. The SMILES string of the molecule is CCCCCCCCCCCCCC(O)CC(=O)NC(CCC(=O)O)C(=O)NC(CCCN)C(=O)NC1C(=O)NC(C(C)O)C(=O)NC(CCC(=O)O)C(=O)NC(C)C(=O)N2CCCC2C(=O)NC(CCC(N)=O)C(=O)NC(Cc2ccc(O)cc2)C(=O)NC(C(C)CC)C(=O)Oc2ccc1cc2. The number of amides is 11. The highest BCUT2D eigenvalue weighted by molar-refractivity contribution is 6.00. The van der Waals surface area contributed by atoms with E-state index in [9.17, 15) is 92.7 Å². The number of aliphatic hydroxyl groups excluding tert-OH is 2. The van der Waals surface area contributed by atoms with Crippen molar-refractivity contribution in [1.82, 2.24) is 52.8 Å². The van der Waals surface area contributed by atoms with Crippen LogP contribution in [0.1, 0.15) is 206 Å². The lowest BCUT2D eigenvalue weighted by molar-refractivity contribution is -0.143. The number of rotatable bonds is 36. The Morgan fingerprint density at radius 1 is 0.612 bits per heavy atom. The number of nitrogens with two attached hydrogens (primary N) is 2. The van der Waals surface area contributed by atoms with Crippen LogP contribution in [0.15, 0.2) is 48.5 Å². The number of esters is 1. The summed E-state index contributed by atoms with van der Waals surface area (Å²) in [5.74, 6) is -15.8. The van der Waals surface area contributed by atoms with Crippen molar-refractivity contribution in [3.8, 4) is 11.5 Å². The van der Waals surface area contributed by atoms with Gasteiger partial charge in [-0.25, -0.2) is 4.79 Å². The number of ether oxygens (including phenoxy) is 1. The van der Waals surface area contributed by atoms with Gasteiger partial charge in [0.05, 0.1) is 18.6 Å². The smallest absolute Gasteiger partial charge is 0.334 e. The maximum Gasteiger partial charge on any atom is 0.334 e. The number of phenols is 1. The molecule has 1 saturated heterocycles. The van der Waals surface area contributed by atoms with Crippen molar-refractivity contribution < 1.29 is 97.4 Å². The van der Waals surface area contributed by atoms with E-state index in [1.165, 1.54) is 87.6 Å². The topological polar surface area (TPSA) is 513 Å². The van der Waals surface area contributed by atoms with Gasteiger partial charge in [0.1, 0.15) is 71.9 Å². The Balaban J connectivity index is 1.77. The summed E-state index contributed by atoms with van der Waals surface area (Å²) in [5, 5.41) is 74.0. The summed E-state index contributed by atoms with van der Waals surface area (Å²) in [4.78, 5) is 195. The predicted octanol–water partition coefficient (Wildman–Crippen LogP) is 1.21. The Morgan fingerprint density at radius 2 is 1.17 bits per heavy atom. The van der Waals surface area contributed by atoms with E-state index in [1.54, 1.807) is 13.8 Å². The van der Waals surface area contributed by atoms with Crippen molar-refractivity contribution >= 4 is 82.9 Å². The Labute approximate surface area is 600 Å². The molecular formula is C71H108N12O20. The van der Waals surface area contributed by atoms with Gasteiger partial charge in [0, 0.05) is 32.2 Å². The van der Waals surface area contributed by atoms with Crippen LogP contribution in [0.25, 0.3) is 0 Å². The van der Waals surface area contributed by atoms with Gasteiger partial charge in [0.15, 0.2) is 0 Å². The van der Waals surface area contributed by atoms with Crippen molar-refractivity contribution in [3.05, 3.63) is 59.7 Å². The molecule has 3 aliphatic heterocycles. The number of fused-ring (bicyclic) bond motifs is 22. The number of hydrogen-bond donors (Lipinski definition) is 16. The standard InChI is InChI=1S/C71H108N12O20/c1-6-8-9-10-11-12-13-14-15-16-17-20-47(86)40-56(88)75-50(32-35-57(89)90)63(94)76-49(21-18-37-72)65(96)82-61-45-25-29-48(30-26-45)103-71(102)59(41(3)7-2)80-66(97)53(39-44-23-27-46(85)28-24-44)79-64(95)51(31-34-55(73)87)77-67(98)54-22-19-38-83(54)70(101)42(4)74-62(93)52(33-36-58(91)92)78-68(99)60(43(5)84)81-69(61)100/h23-30,41-43,47,49-54,59-61,84-86H,6-22,31-40,72H2,1-5H3,(H2,73,87)(H,74,93)(H,75,88)(H,76,94)(H,77,98)(H,78,99)(H,79,95)(H,80,97)(H,81,100)(H,82,96)(H,89,90)(H,91,92). The third-order valence-corrected chi connectivity index (χ3v) is 18.2. The van der Waals surface area contributed by atoms with Crippen LogP contribution in [0, 0.1) is 5.92 Å². The van der Waals surface area contributed by atoms with Crippen molar-refractivity contribution in [2.24, 2.45) is 17.4 Å². The first-order valence-corrected chi connectivity index (χ1v) is 35.9. The number of aromatic hydroxyl groups is 1. The largest absolute Gasteiger partial charge is 0.508 e. The number of phenolic OH excluding ortho intramolecular Hbond substituents is 1. The van der Waals surface area contributed by atoms with Crippen LogP contribution in [0.4, 0.5) is 0 Å². The van der Waals surface area contributed by atoms with Gasteiger partial charge in [0.25, 0.3) is 0 Å². The summed E-state index contributed by atoms with van der Waals surface area (Å²) < 4.78 is 5.82. The summed E-state index contributed by atoms with van der Waals surface area (Å²) in [7, 11) is 0. The lowest BCUT2D eigenvalue weighted by atomic mass is 9.97. The molecule has 11 amide bonds. The number of aliphatic hydroxyl groups is 2. The van der Waals surface area contributed by atoms with Crippen LogP contribution < -0.4 is 64.1 Å². The number of hydrogen-bond acceptors (Lipinski definition) is 19. The lowest BCUT2D eigenvalue weighted by Crippen LogP contribution is -2.61. The average molecular weight is 1450 g/mol. The molecule has 32 heteroatoms. The first kappa shape index (κ1) is 86.1. The number of aliphatic carboxylic acids is 2. The number of nitrogens with one attached hydrogen (secondary N) is 9. The van der Waals surface area contributed by atoms with Gasteiger partial charge in [0.2, 0.25) is 65.0 Å². The van der Waals surface area contributed by atoms with Gasteiger partial charge in [-0.3, -0.25) is 62.3 Å². The molecule has 0 spiro atoms. The molecule has 18 N–H and O–H groups in total. The summed E-state index contributed by atoms with van der Waals surface area (Å²) in [5.41, 5.74) is 11.7. The zero-order valence-corrected chi connectivity index (χ0v) is 59.7. The second-order valence-electron chi connectivity index (χ2n) is 26.7. The third-order valence-electron chi connectivity index (χ3n) is 18.2. The van der Waals surface area contributed by atoms with E-state index in [2.05, 4.69) is 54.8 Å². The average Bonchev–Trinajstić information content (AvgIpc) is 1.73. The van der Waals surface area contributed by atoms with Crippen LogP contribution in [0.2, 0.25) is 0 Å². The molecule has 5 rings (SSSR count). The van der Waals surface area contributed by atoms with Gasteiger partial charge in [-0.2, -0.15) is 0 Å². The molecule has 13 unspecified atom stereocenters. The molecule has 2 bridgehead atoms. The Morgan fingerprint density at radius 3 is 1.75 bits per heavy atom. The molecule has 1 fully saturated rings. The first-order valence-electron chi connectivity index (χ1n) is 35.9. The minimum absolute atomic E-state index is 0.0369. The number of unbranched alkanes of at least 4 members (excludes halogenated alkanes) is 10. The molecule has 3 heterocycles. The fraction of sp³-hybridized carbons (Fsp3) is 0.634. The minimum Gasteiger partial charge on any atom is -0.508 e. The zero-order valence-electron chi connectivity index (χ0n) is 59.7. The molecule has 32 nitrogen and oxygen atoms in total. The highest BCUT2D eigenvalue weighted by atomic mass is 16.5. The third kappa shape index (κ3) is 30.3. The monoisotopic (exact) mass is 1450 g/mol. The quantitative estimate of drug-likeness (QED) is 0.0197. The van der Waals surface area contributed by atoms with Gasteiger partial charge in [-0.05, 0) is 113 Å².